The van der Waals surface area contributed by atoms with Gasteiger partial charge in [0.1, 0.15) is 0 Å². The monoisotopic (exact) mass is 312 g/mol. The first kappa shape index (κ1) is 15.3. The van der Waals surface area contributed by atoms with E-state index >= 15 is 0 Å². The van der Waals surface area contributed by atoms with Gasteiger partial charge in [-0.05, 0) is 22.8 Å². The Bertz CT molecular complexity index is 722. The van der Waals surface area contributed by atoms with Crippen LogP contribution in [0.5, 0.6) is 0 Å². The van der Waals surface area contributed by atoms with Crippen LogP contribution >= 0.6 is 0 Å². The van der Waals surface area contributed by atoms with Crippen molar-refractivity contribution in [3.05, 3.63) is 107 Å². The standard InChI is InChI=1S/C20H15F3/c21-20(22,23)18-13-7-12-17(14-18)19(15-8-3-1-4-9-15)16-10-5-2-6-11-16/h1-14,19H. The van der Waals surface area contributed by atoms with Crippen LogP contribution in [0.1, 0.15) is 28.2 Å². The number of hydrogen-bond donors (Lipinski definition) is 0. The molecule has 0 bridgehead atoms. The number of rotatable bonds is 3. The number of alkyl halides is 3. The maximum atomic E-state index is 13.0. The summed E-state index contributed by atoms with van der Waals surface area (Å²) in [4.78, 5) is 0. The van der Waals surface area contributed by atoms with Crippen LogP contribution in [0.3, 0.4) is 0 Å². The molecule has 0 unspecified atom stereocenters. The highest BCUT2D eigenvalue weighted by Gasteiger charge is 2.31. The second-order valence-electron chi connectivity index (χ2n) is 5.38. The van der Waals surface area contributed by atoms with E-state index in [1.807, 2.05) is 60.7 Å². The molecule has 0 heterocycles. The molecule has 0 aromatic heterocycles. The zero-order valence-corrected chi connectivity index (χ0v) is 12.3. The first-order valence-corrected chi connectivity index (χ1v) is 7.33. The van der Waals surface area contributed by atoms with Gasteiger partial charge in [0.15, 0.2) is 0 Å². The molecule has 3 rings (SSSR count). The van der Waals surface area contributed by atoms with Gasteiger partial charge >= 0.3 is 6.18 Å². The summed E-state index contributed by atoms with van der Waals surface area (Å²) in [5.74, 6) is -0.223. The van der Waals surface area contributed by atoms with Crippen LogP contribution in [0, 0.1) is 0 Å². The molecule has 0 atom stereocenters. The average molecular weight is 312 g/mol. The lowest BCUT2D eigenvalue weighted by atomic mass is 9.84. The van der Waals surface area contributed by atoms with Crippen molar-refractivity contribution in [1.82, 2.24) is 0 Å². The van der Waals surface area contributed by atoms with Crippen molar-refractivity contribution in [1.29, 1.82) is 0 Å². The zero-order valence-electron chi connectivity index (χ0n) is 12.3. The normalized spacial score (nSPS) is 11.7. The van der Waals surface area contributed by atoms with Gasteiger partial charge in [0.25, 0.3) is 0 Å². The molecule has 0 fully saturated rings. The van der Waals surface area contributed by atoms with Gasteiger partial charge in [-0.2, -0.15) is 13.2 Å². The minimum absolute atomic E-state index is 0.223. The van der Waals surface area contributed by atoms with E-state index in [-0.39, 0.29) is 5.92 Å². The summed E-state index contributed by atoms with van der Waals surface area (Å²) in [5, 5.41) is 0. The average Bonchev–Trinajstić information content (AvgIpc) is 2.57. The Morgan fingerprint density at radius 3 is 1.52 bits per heavy atom. The molecule has 0 nitrogen and oxygen atoms in total. The molecule has 23 heavy (non-hydrogen) atoms. The van der Waals surface area contributed by atoms with E-state index in [9.17, 15) is 13.2 Å². The van der Waals surface area contributed by atoms with Crippen LogP contribution in [-0.4, -0.2) is 0 Å². The molecule has 0 saturated carbocycles. The van der Waals surface area contributed by atoms with Crippen LogP contribution in [0.4, 0.5) is 13.2 Å². The molecule has 0 aliphatic rings. The summed E-state index contributed by atoms with van der Waals surface area (Å²) in [6.45, 7) is 0. The predicted octanol–water partition coefficient (Wildman–Crippen LogP) is 5.89. The third-order valence-corrected chi connectivity index (χ3v) is 3.81. The topological polar surface area (TPSA) is 0 Å². The summed E-state index contributed by atoms with van der Waals surface area (Å²) in [5.41, 5.74) is 1.96. The largest absolute Gasteiger partial charge is 0.416 e. The lowest BCUT2D eigenvalue weighted by Gasteiger charge is -2.20. The molecule has 0 amide bonds. The molecule has 0 radical (unpaired) electrons. The van der Waals surface area contributed by atoms with E-state index in [4.69, 9.17) is 0 Å². The molecule has 0 aliphatic carbocycles. The molecule has 3 heteroatoms. The van der Waals surface area contributed by atoms with E-state index in [0.717, 1.165) is 17.2 Å². The molecule has 3 aromatic rings. The molecule has 116 valence electrons. The lowest BCUT2D eigenvalue weighted by Crippen LogP contribution is -2.08. The van der Waals surface area contributed by atoms with Crippen molar-refractivity contribution in [2.75, 3.05) is 0 Å². The highest BCUT2D eigenvalue weighted by Crippen LogP contribution is 2.35. The van der Waals surface area contributed by atoms with Gasteiger partial charge in [-0.15, -0.1) is 0 Å². The van der Waals surface area contributed by atoms with Gasteiger partial charge in [-0.3, -0.25) is 0 Å². The van der Waals surface area contributed by atoms with Crippen LogP contribution in [0.25, 0.3) is 0 Å². The van der Waals surface area contributed by atoms with E-state index in [0.29, 0.717) is 5.56 Å². The Hall–Kier alpha value is -2.55. The minimum atomic E-state index is -4.34. The van der Waals surface area contributed by atoms with Crippen molar-refractivity contribution >= 4 is 0 Å². The van der Waals surface area contributed by atoms with Gasteiger partial charge in [-0.1, -0.05) is 78.9 Å². The fourth-order valence-corrected chi connectivity index (χ4v) is 2.76. The van der Waals surface area contributed by atoms with Crippen LogP contribution in [-0.2, 0) is 6.18 Å². The van der Waals surface area contributed by atoms with Crippen molar-refractivity contribution < 1.29 is 13.2 Å². The van der Waals surface area contributed by atoms with Crippen molar-refractivity contribution in [2.45, 2.75) is 12.1 Å². The van der Waals surface area contributed by atoms with E-state index in [1.54, 1.807) is 6.07 Å². The SMILES string of the molecule is FC(F)(F)c1cccc(C(c2ccccc2)c2ccccc2)c1. The summed E-state index contributed by atoms with van der Waals surface area (Å²) >= 11 is 0. The fourth-order valence-electron chi connectivity index (χ4n) is 2.76. The van der Waals surface area contributed by atoms with Crippen molar-refractivity contribution in [3.63, 3.8) is 0 Å². The van der Waals surface area contributed by atoms with Gasteiger partial charge in [0.2, 0.25) is 0 Å². The van der Waals surface area contributed by atoms with E-state index < -0.39 is 11.7 Å². The van der Waals surface area contributed by atoms with Gasteiger partial charge in [0, 0.05) is 5.92 Å². The Kier molecular flexibility index (Phi) is 4.20. The maximum absolute atomic E-state index is 13.0. The second kappa shape index (κ2) is 6.29. The van der Waals surface area contributed by atoms with Crippen molar-refractivity contribution in [2.24, 2.45) is 0 Å². The molecular formula is C20H15F3. The highest BCUT2D eigenvalue weighted by molar-refractivity contribution is 5.44. The smallest absolute Gasteiger partial charge is 0.166 e. The predicted molar refractivity (Wildman–Crippen MR) is 85.3 cm³/mol. The maximum Gasteiger partial charge on any atom is 0.416 e. The summed E-state index contributed by atoms with van der Waals surface area (Å²) in [6, 6.07) is 24.7. The quantitative estimate of drug-likeness (QED) is 0.529. The lowest BCUT2D eigenvalue weighted by molar-refractivity contribution is -0.137. The third kappa shape index (κ3) is 3.45. The Balaban J connectivity index is 2.14. The highest BCUT2D eigenvalue weighted by atomic mass is 19.4. The van der Waals surface area contributed by atoms with E-state index in [2.05, 4.69) is 0 Å². The van der Waals surface area contributed by atoms with Crippen LogP contribution < -0.4 is 0 Å². The molecule has 0 spiro atoms. The molecule has 0 saturated heterocycles. The van der Waals surface area contributed by atoms with Crippen molar-refractivity contribution in [3.8, 4) is 0 Å². The Morgan fingerprint density at radius 2 is 1.04 bits per heavy atom. The van der Waals surface area contributed by atoms with Crippen LogP contribution in [0.2, 0.25) is 0 Å². The first-order valence-electron chi connectivity index (χ1n) is 7.33. The van der Waals surface area contributed by atoms with E-state index in [1.165, 1.54) is 12.1 Å². The summed E-state index contributed by atoms with van der Waals surface area (Å²) in [7, 11) is 0. The van der Waals surface area contributed by atoms with Gasteiger partial charge in [-0.25, -0.2) is 0 Å². The fraction of sp³-hybridized carbons (Fsp3) is 0.100. The van der Waals surface area contributed by atoms with Gasteiger partial charge < -0.3 is 0 Å². The minimum Gasteiger partial charge on any atom is -0.166 e. The molecule has 0 N–H and O–H groups in total. The summed E-state index contributed by atoms with van der Waals surface area (Å²) in [6.07, 6.45) is -4.34. The summed E-state index contributed by atoms with van der Waals surface area (Å²) < 4.78 is 39.1. The Morgan fingerprint density at radius 1 is 0.565 bits per heavy atom. The number of halogens is 3. The first-order chi connectivity index (χ1) is 11.1. The van der Waals surface area contributed by atoms with Crippen LogP contribution in [0.15, 0.2) is 84.9 Å². The number of hydrogen-bond acceptors (Lipinski definition) is 0. The Labute approximate surface area is 133 Å². The zero-order chi connectivity index (χ0) is 16.3. The van der Waals surface area contributed by atoms with Gasteiger partial charge in [0.05, 0.1) is 5.56 Å². The molecule has 0 aliphatic heterocycles. The molecule has 3 aromatic carbocycles. The second-order valence-corrected chi connectivity index (χ2v) is 5.38. The number of benzene rings is 3. The third-order valence-electron chi connectivity index (χ3n) is 3.81. The molecular weight excluding hydrogens is 297 g/mol.